The first kappa shape index (κ1) is 15.7. The fourth-order valence-corrected chi connectivity index (χ4v) is 2.37. The Morgan fingerprint density at radius 1 is 1.48 bits per heavy atom. The van der Waals surface area contributed by atoms with Crippen molar-refractivity contribution in [2.24, 2.45) is 0 Å². The van der Waals surface area contributed by atoms with E-state index in [2.05, 4.69) is 10.3 Å². The second-order valence-corrected chi connectivity index (χ2v) is 5.32. The number of nitrogens with one attached hydrogen (secondary N) is 1. The van der Waals surface area contributed by atoms with Gasteiger partial charge in [0.05, 0.1) is 10.9 Å². The highest BCUT2D eigenvalue weighted by Gasteiger charge is 2.20. The molecule has 0 radical (unpaired) electrons. The summed E-state index contributed by atoms with van der Waals surface area (Å²) in [4.78, 5) is 15.8. The van der Waals surface area contributed by atoms with E-state index in [0.717, 1.165) is 6.07 Å². The fourth-order valence-electron chi connectivity index (χ4n) is 2.20. The van der Waals surface area contributed by atoms with Crippen LogP contribution in [-0.4, -0.2) is 22.0 Å². The Morgan fingerprint density at radius 3 is 2.81 bits per heavy atom. The Bertz CT molecular complexity index is 670. The number of aromatic nitrogens is 2. The fraction of sp³-hybridized carbons (Fsp3) is 0.429. The Hall–Kier alpha value is -1.69. The van der Waals surface area contributed by atoms with Crippen LogP contribution in [0.25, 0.3) is 11.0 Å². The highest BCUT2D eigenvalue weighted by Crippen LogP contribution is 2.27. The smallest absolute Gasteiger partial charge is 0.221 e. The highest BCUT2D eigenvalue weighted by atomic mass is 35.5. The van der Waals surface area contributed by atoms with Gasteiger partial charge in [-0.25, -0.2) is 13.8 Å². The van der Waals surface area contributed by atoms with E-state index < -0.39 is 17.0 Å². The number of carbonyl (C=O) groups excluding carboxylic acids is 1. The minimum absolute atomic E-state index is 0.0433. The molecule has 0 saturated heterocycles. The molecule has 4 nitrogen and oxygen atoms in total. The molecule has 2 aromatic rings. The van der Waals surface area contributed by atoms with Gasteiger partial charge in [0.1, 0.15) is 11.3 Å². The van der Waals surface area contributed by atoms with Crippen molar-refractivity contribution in [3.05, 3.63) is 29.6 Å². The number of hydrogen-bond acceptors (Lipinski definition) is 2. The van der Waals surface area contributed by atoms with E-state index >= 15 is 0 Å². The molecule has 1 aromatic carbocycles. The van der Waals surface area contributed by atoms with Crippen LogP contribution in [0.3, 0.4) is 0 Å². The lowest BCUT2D eigenvalue weighted by Gasteiger charge is -2.11. The van der Waals surface area contributed by atoms with Gasteiger partial charge in [-0.2, -0.15) is 0 Å². The number of benzene rings is 1. The van der Waals surface area contributed by atoms with E-state index in [1.165, 1.54) is 10.6 Å². The van der Waals surface area contributed by atoms with Gasteiger partial charge in [-0.05, 0) is 26.0 Å². The van der Waals surface area contributed by atoms with E-state index in [0.29, 0.717) is 17.9 Å². The van der Waals surface area contributed by atoms with Crippen molar-refractivity contribution in [2.75, 3.05) is 6.54 Å². The second-order valence-electron chi connectivity index (χ2n) is 4.67. The van der Waals surface area contributed by atoms with Crippen LogP contribution in [0, 0.1) is 11.6 Å². The van der Waals surface area contributed by atoms with Crippen molar-refractivity contribution in [2.45, 2.75) is 32.2 Å². The van der Waals surface area contributed by atoms with Crippen molar-refractivity contribution >= 4 is 28.5 Å². The van der Waals surface area contributed by atoms with Crippen molar-refractivity contribution in [1.29, 1.82) is 0 Å². The average Bonchev–Trinajstić information content (AvgIpc) is 2.80. The molecule has 0 fully saturated rings. The van der Waals surface area contributed by atoms with E-state index in [-0.39, 0.29) is 24.4 Å². The molecule has 114 valence electrons. The molecule has 0 bridgehead atoms. The molecule has 21 heavy (non-hydrogen) atoms. The molecule has 7 heteroatoms. The number of hydrogen-bond donors (Lipinski definition) is 1. The monoisotopic (exact) mass is 315 g/mol. The molecule has 1 atom stereocenters. The summed E-state index contributed by atoms with van der Waals surface area (Å²) in [7, 11) is 0. The molecule has 0 spiro atoms. The van der Waals surface area contributed by atoms with Crippen LogP contribution in [0.2, 0.25) is 0 Å². The van der Waals surface area contributed by atoms with Gasteiger partial charge in [-0.15, -0.1) is 11.6 Å². The quantitative estimate of drug-likeness (QED) is 0.862. The number of halogens is 3. The Balaban J connectivity index is 2.45. The maximum absolute atomic E-state index is 14.0. The molecule has 1 amide bonds. The van der Waals surface area contributed by atoms with Gasteiger partial charge in [0.2, 0.25) is 5.91 Å². The van der Waals surface area contributed by atoms with Crippen LogP contribution in [-0.2, 0) is 11.3 Å². The third-order valence-corrected chi connectivity index (χ3v) is 3.32. The lowest BCUT2D eigenvalue weighted by Crippen LogP contribution is -2.24. The topological polar surface area (TPSA) is 46.9 Å². The summed E-state index contributed by atoms with van der Waals surface area (Å²) in [6.07, 6.45) is 0.145. The van der Waals surface area contributed by atoms with Gasteiger partial charge in [0, 0.05) is 19.5 Å². The third-order valence-electron chi connectivity index (χ3n) is 3.12. The van der Waals surface area contributed by atoms with E-state index in [1.807, 2.05) is 6.92 Å². The summed E-state index contributed by atoms with van der Waals surface area (Å²) < 4.78 is 28.9. The minimum atomic E-state index is -0.973. The molecule has 1 aromatic heterocycles. The van der Waals surface area contributed by atoms with Crippen molar-refractivity contribution in [3.8, 4) is 0 Å². The van der Waals surface area contributed by atoms with Gasteiger partial charge in [0.25, 0.3) is 0 Å². The predicted octanol–water partition coefficient (Wildman–Crippen LogP) is 3.14. The summed E-state index contributed by atoms with van der Waals surface area (Å²) >= 11 is 6.05. The first-order valence-corrected chi connectivity index (χ1v) is 7.14. The van der Waals surface area contributed by atoms with Crippen molar-refractivity contribution in [3.63, 3.8) is 0 Å². The summed E-state index contributed by atoms with van der Waals surface area (Å²) in [5.41, 5.74) is 0.370. The van der Waals surface area contributed by atoms with Crippen molar-refractivity contribution < 1.29 is 13.6 Å². The molecule has 1 unspecified atom stereocenters. The Labute approximate surface area is 126 Å². The second kappa shape index (κ2) is 6.39. The van der Waals surface area contributed by atoms with Gasteiger partial charge < -0.3 is 9.88 Å². The predicted molar refractivity (Wildman–Crippen MR) is 77.2 cm³/mol. The molecule has 1 heterocycles. The number of alkyl halides is 1. The summed E-state index contributed by atoms with van der Waals surface area (Å²) in [5.74, 6) is -1.67. The third kappa shape index (κ3) is 3.15. The first-order chi connectivity index (χ1) is 9.95. The maximum atomic E-state index is 14.0. The van der Waals surface area contributed by atoms with Crippen LogP contribution < -0.4 is 5.32 Å². The van der Waals surface area contributed by atoms with Gasteiger partial charge in [-0.1, -0.05) is 0 Å². The minimum Gasteiger partial charge on any atom is -0.356 e. The first-order valence-electron chi connectivity index (χ1n) is 6.70. The summed E-state index contributed by atoms with van der Waals surface area (Å²) in [6.45, 7) is 4.21. The number of carbonyl (C=O) groups is 1. The zero-order chi connectivity index (χ0) is 15.6. The molecule has 1 N–H and O–H groups in total. The molecule has 0 aliphatic rings. The molecular weight excluding hydrogens is 300 g/mol. The van der Waals surface area contributed by atoms with Gasteiger partial charge in [0.15, 0.2) is 11.6 Å². The summed E-state index contributed by atoms with van der Waals surface area (Å²) in [5, 5.41) is 2.18. The number of rotatable bonds is 5. The number of imidazole rings is 1. The highest BCUT2D eigenvalue weighted by molar-refractivity contribution is 6.20. The molecule has 0 aliphatic carbocycles. The van der Waals surface area contributed by atoms with Gasteiger partial charge in [-0.3, -0.25) is 4.79 Å². The number of amides is 1. The normalized spacial score (nSPS) is 12.6. The van der Waals surface area contributed by atoms with Crippen LogP contribution in [0.5, 0.6) is 0 Å². The number of nitrogens with zero attached hydrogens (tertiary/aromatic N) is 2. The lowest BCUT2D eigenvalue weighted by atomic mass is 10.3. The number of fused-ring (bicyclic) bond motifs is 1. The van der Waals surface area contributed by atoms with E-state index in [4.69, 9.17) is 11.6 Å². The average molecular weight is 316 g/mol. The van der Waals surface area contributed by atoms with Crippen molar-refractivity contribution in [1.82, 2.24) is 14.9 Å². The molecule has 0 aliphatic heterocycles. The summed E-state index contributed by atoms with van der Waals surface area (Å²) in [6, 6.07) is 2.43. The lowest BCUT2D eigenvalue weighted by molar-refractivity contribution is -0.121. The van der Waals surface area contributed by atoms with Crippen LogP contribution >= 0.6 is 11.6 Å². The van der Waals surface area contributed by atoms with Crippen LogP contribution in [0.4, 0.5) is 8.78 Å². The van der Waals surface area contributed by atoms with E-state index in [1.54, 1.807) is 6.92 Å². The van der Waals surface area contributed by atoms with Gasteiger partial charge >= 0.3 is 0 Å². The Kier molecular flexibility index (Phi) is 4.77. The standard InChI is InChI=1S/C14H16ClF2N3O/c1-3-18-11(21)6-7-20-13-10(19-14(20)8(2)15)5-4-9(16)12(13)17/h4-5,8H,3,6-7H2,1-2H3,(H,18,21). The maximum Gasteiger partial charge on any atom is 0.221 e. The largest absolute Gasteiger partial charge is 0.356 e. The molecule has 2 rings (SSSR count). The molecule has 0 saturated carbocycles. The van der Waals surface area contributed by atoms with Crippen LogP contribution in [0.1, 0.15) is 31.5 Å². The molecular formula is C14H16ClF2N3O. The SMILES string of the molecule is CCNC(=O)CCn1c(C(C)Cl)nc2ccc(F)c(F)c21. The zero-order valence-electron chi connectivity index (χ0n) is 11.8. The van der Waals surface area contributed by atoms with Crippen LogP contribution in [0.15, 0.2) is 12.1 Å². The van der Waals surface area contributed by atoms with E-state index in [9.17, 15) is 13.6 Å². The zero-order valence-corrected chi connectivity index (χ0v) is 12.5. The number of aryl methyl sites for hydroxylation is 1. The Morgan fingerprint density at radius 2 is 2.19 bits per heavy atom.